The molecule has 2 aromatic rings. The molecule has 1 aromatic carbocycles. The van der Waals surface area contributed by atoms with E-state index in [0.717, 1.165) is 28.6 Å². The number of thioether (sulfide) groups is 1. The number of hydrogen-bond acceptors (Lipinski definition) is 4. The Hall–Kier alpha value is -1.79. The molecule has 1 atom stereocenters. The van der Waals surface area contributed by atoms with Gasteiger partial charge >= 0.3 is 0 Å². The van der Waals surface area contributed by atoms with E-state index in [0.29, 0.717) is 0 Å². The molecule has 1 aliphatic rings. The number of imidazole rings is 1. The van der Waals surface area contributed by atoms with Gasteiger partial charge in [-0.2, -0.15) is 0 Å². The summed E-state index contributed by atoms with van der Waals surface area (Å²) in [5, 5.41) is 6.09. The number of aromatic amines is 1. The third-order valence-electron chi connectivity index (χ3n) is 2.97. The van der Waals surface area contributed by atoms with E-state index in [-0.39, 0.29) is 11.9 Å². The van der Waals surface area contributed by atoms with E-state index in [4.69, 9.17) is 0 Å². The predicted octanol–water partition coefficient (Wildman–Crippen LogP) is 1.68. The van der Waals surface area contributed by atoms with E-state index < -0.39 is 0 Å². The number of benzene rings is 1. The van der Waals surface area contributed by atoms with Gasteiger partial charge in [0.05, 0.1) is 24.3 Å². The van der Waals surface area contributed by atoms with Gasteiger partial charge in [-0.15, -0.1) is 11.8 Å². The number of carbonyl (C=O) groups is 1. The Morgan fingerprint density at radius 1 is 1.47 bits per heavy atom. The lowest BCUT2D eigenvalue weighted by molar-refractivity contribution is -0.117. The van der Waals surface area contributed by atoms with Gasteiger partial charge in [0.25, 0.3) is 0 Å². The minimum atomic E-state index is -0.0965. The highest BCUT2D eigenvalue weighted by Crippen LogP contribution is 2.20. The van der Waals surface area contributed by atoms with Crippen molar-refractivity contribution < 1.29 is 4.79 Å². The summed E-state index contributed by atoms with van der Waals surface area (Å²) in [4.78, 5) is 19.1. The number of aromatic nitrogens is 2. The van der Waals surface area contributed by atoms with Gasteiger partial charge in [-0.3, -0.25) is 10.1 Å². The van der Waals surface area contributed by atoms with E-state index in [2.05, 4.69) is 20.6 Å². The Labute approximate surface area is 115 Å². The van der Waals surface area contributed by atoms with Gasteiger partial charge in [-0.1, -0.05) is 12.1 Å². The molecule has 1 fully saturated rings. The van der Waals surface area contributed by atoms with Gasteiger partial charge in [0.2, 0.25) is 5.91 Å². The first kappa shape index (κ1) is 12.3. The Kier molecular flexibility index (Phi) is 3.52. The summed E-state index contributed by atoms with van der Waals surface area (Å²) >= 11 is 1.74. The van der Waals surface area contributed by atoms with E-state index >= 15 is 0 Å². The number of hydrogen-bond donors (Lipinski definition) is 3. The van der Waals surface area contributed by atoms with Crippen LogP contribution in [0.5, 0.6) is 0 Å². The highest BCUT2D eigenvalue weighted by Gasteiger charge is 2.22. The minimum Gasteiger partial charge on any atom is -0.345 e. The molecule has 1 amide bonds. The Morgan fingerprint density at radius 3 is 3.16 bits per heavy atom. The number of nitrogens with zero attached hydrogens (tertiary/aromatic N) is 1. The summed E-state index contributed by atoms with van der Waals surface area (Å²) in [6.07, 6.45) is 3.40. The molecule has 1 aliphatic heterocycles. The van der Waals surface area contributed by atoms with Crippen molar-refractivity contribution in [3.8, 4) is 11.3 Å². The summed E-state index contributed by atoms with van der Waals surface area (Å²) in [5.74, 6) is 1.69. The maximum Gasteiger partial charge on any atom is 0.242 e. The molecule has 1 unspecified atom stereocenters. The van der Waals surface area contributed by atoms with Gasteiger partial charge in [0.1, 0.15) is 0 Å². The molecule has 1 aromatic heterocycles. The van der Waals surface area contributed by atoms with Crippen LogP contribution in [-0.2, 0) is 4.79 Å². The van der Waals surface area contributed by atoms with Crippen molar-refractivity contribution in [2.24, 2.45) is 0 Å². The molecule has 3 N–H and O–H groups in total. The number of anilines is 1. The summed E-state index contributed by atoms with van der Waals surface area (Å²) in [6.45, 7) is 0. The van der Waals surface area contributed by atoms with Crippen LogP contribution in [0.1, 0.15) is 0 Å². The molecule has 1 saturated heterocycles. The van der Waals surface area contributed by atoms with E-state index in [1.54, 1.807) is 24.3 Å². The van der Waals surface area contributed by atoms with Crippen LogP contribution >= 0.6 is 11.8 Å². The molecule has 0 radical (unpaired) electrons. The fourth-order valence-electron chi connectivity index (χ4n) is 1.97. The van der Waals surface area contributed by atoms with Crippen LogP contribution in [0.15, 0.2) is 36.8 Å². The van der Waals surface area contributed by atoms with Crippen LogP contribution in [0.25, 0.3) is 11.3 Å². The van der Waals surface area contributed by atoms with Crippen molar-refractivity contribution in [2.75, 3.05) is 16.9 Å². The topological polar surface area (TPSA) is 69.8 Å². The molecular weight excluding hydrogens is 260 g/mol. The number of carbonyl (C=O) groups excluding carboxylic acids is 1. The van der Waals surface area contributed by atoms with Gasteiger partial charge < -0.3 is 10.3 Å². The zero-order valence-corrected chi connectivity index (χ0v) is 11.0. The van der Waals surface area contributed by atoms with Crippen LogP contribution in [-0.4, -0.2) is 33.5 Å². The first-order chi connectivity index (χ1) is 9.33. The van der Waals surface area contributed by atoms with Crippen molar-refractivity contribution in [3.05, 3.63) is 36.8 Å². The molecule has 2 heterocycles. The average molecular weight is 274 g/mol. The normalized spacial score (nSPS) is 18.4. The zero-order chi connectivity index (χ0) is 13.1. The Balaban J connectivity index is 1.74. The molecule has 6 heteroatoms. The number of amides is 1. The van der Waals surface area contributed by atoms with Crippen molar-refractivity contribution in [1.82, 2.24) is 15.3 Å². The van der Waals surface area contributed by atoms with Crippen molar-refractivity contribution >= 4 is 23.4 Å². The van der Waals surface area contributed by atoms with Gasteiger partial charge in [0.15, 0.2) is 0 Å². The predicted molar refractivity (Wildman–Crippen MR) is 76.9 cm³/mol. The molecule has 3 rings (SSSR count). The van der Waals surface area contributed by atoms with Crippen LogP contribution < -0.4 is 10.6 Å². The van der Waals surface area contributed by atoms with E-state index in [1.165, 1.54) is 0 Å². The lowest BCUT2D eigenvalue weighted by Crippen LogP contribution is -2.37. The Morgan fingerprint density at radius 2 is 2.42 bits per heavy atom. The molecule has 0 saturated carbocycles. The fourth-order valence-corrected chi connectivity index (χ4v) is 2.91. The average Bonchev–Trinajstić information content (AvgIpc) is 3.13. The first-order valence-corrected chi connectivity index (χ1v) is 7.19. The third-order valence-corrected chi connectivity index (χ3v) is 3.91. The van der Waals surface area contributed by atoms with Crippen LogP contribution in [0, 0.1) is 0 Å². The monoisotopic (exact) mass is 274 g/mol. The molecule has 0 spiro atoms. The highest BCUT2D eigenvalue weighted by atomic mass is 32.2. The summed E-state index contributed by atoms with van der Waals surface area (Å²) in [5.41, 5.74) is 2.74. The first-order valence-electron chi connectivity index (χ1n) is 6.04. The van der Waals surface area contributed by atoms with Crippen molar-refractivity contribution in [1.29, 1.82) is 0 Å². The minimum absolute atomic E-state index is 0.0201. The second-order valence-corrected chi connectivity index (χ2v) is 5.34. The van der Waals surface area contributed by atoms with Gasteiger partial charge in [-0.25, -0.2) is 4.98 Å². The summed E-state index contributed by atoms with van der Waals surface area (Å²) < 4.78 is 0. The van der Waals surface area contributed by atoms with Crippen LogP contribution in [0.3, 0.4) is 0 Å². The summed E-state index contributed by atoms with van der Waals surface area (Å²) in [6, 6.07) is 7.63. The lowest BCUT2D eigenvalue weighted by Gasteiger charge is -2.11. The highest BCUT2D eigenvalue weighted by molar-refractivity contribution is 7.99. The third kappa shape index (κ3) is 2.80. The zero-order valence-electron chi connectivity index (χ0n) is 10.2. The molecule has 0 bridgehead atoms. The quantitative estimate of drug-likeness (QED) is 0.796. The van der Waals surface area contributed by atoms with E-state index in [9.17, 15) is 4.79 Å². The smallest absolute Gasteiger partial charge is 0.242 e. The second-order valence-electron chi connectivity index (χ2n) is 4.31. The maximum atomic E-state index is 12.0. The van der Waals surface area contributed by atoms with Gasteiger partial charge in [0, 0.05) is 22.9 Å². The Bertz CT molecular complexity index is 564. The van der Waals surface area contributed by atoms with Gasteiger partial charge in [-0.05, 0) is 12.1 Å². The standard InChI is InChI=1S/C13H14N4OS/c18-13(12-6-19-8-16-12)17-10-3-1-2-9(4-10)11-5-14-7-15-11/h1-5,7,12,16H,6,8H2,(H,14,15)(H,17,18). The SMILES string of the molecule is O=C(Nc1cccc(-c2cnc[nH]2)c1)C1CSCN1. The van der Waals surface area contributed by atoms with Crippen molar-refractivity contribution in [2.45, 2.75) is 6.04 Å². The summed E-state index contributed by atoms with van der Waals surface area (Å²) in [7, 11) is 0. The molecule has 5 nitrogen and oxygen atoms in total. The van der Waals surface area contributed by atoms with E-state index in [1.807, 2.05) is 24.3 Å². The second kappa shape index (κ2) is 5.46. The maximum absolute atomic E-state index is 12.0. The fraction of sp³-hybridized carbons (Fsp3) is 0.231. The molecular formula is C13H14N4OS. The molecule has 19 heavy (non-hydrogen) atoms. The van der Waals surface area contributed by atoms with Crippen molar-refractivity contribution in [3.63, 3.8) is 0 Å². The number of nitrogens with one attached hydrogen (secondary N) is 3. The number of H-pyrrole nitrogens is 1. The molecule has 0 aliphatic carbocycles. The lowest BCUT2D eigenvalue weighted by atomic mass is 10.1. The molecule has 98 valence electrons. The largest absolute Gasteiger partial charge is 0.345 e. The number of rotatable bonds is 3. The van der Waals surface area contributed by atoms with Crippen LogP contribution in [0.2, 0.25) is 0 Å². The van der Waals surface area contributed by atoms with Crippen LogP contribution in [0.4, 0.5) is 5.69 Å².